The number of ether oxygens (including phenoxy) is 1. The van der Waals surface area contributed by atoms with Crippen molar-refractivity contribution >= 4 is 18.0 Å². The molecular formula is C14H17NO4. The summed E-state index contributed by atoms with van der Waals surface area (Å²) in [5, 5.41) is 11.3. The molecule has 0 saturated heterocycles. The van der Waals surface area contributed by atoms with Gasteiger partial charge in [0.05, 0.1) is 13.7 Å². The summed E-state index contributed by atoms with van der Waals surface area (Å²) in [5.41, 5.74) is 1.97. The van der Waals surface area contributed by atoms with Crippen LogP contribution in [0, 0.1) is 6.92 Å². The third kappa shape index (κ3) is 4.93. The van der Waals surface area contributed by atoms with Gasteiger partial charge in [-0.15, -0.1) is 0 Å². The Kier molecular flexibility index (Phi) is 5.75. The van der Waals surface area contributed by atoms with Gasteiger partial charge in [-0.05, 0) is 18.6 Å². The Morgan fingerprint density at radius 1 is 1.47 bits per heavy atom. The lowest BCUT2D eigenvalue weighted by atomic mass is 10.1. The predicted octanol–water partition coefficient (Wildman–Crippen LogP) is 0.658. The first-order valence-corrected chi connectivity index (χ1v) is 5.80. The zero-order valence-electron chi connectivity index (χ0n) is 10.9. The van der Waals surface area contributed by atoms with Crippen LogP contribution in [-0.2, 0) is 14.3 Å². The van der Waals surface area contributed by atoms with Gasteiger partial charge >= 0.3 is 5.97 Å². The van der Waals surface area contributed by atoms with Crippen LogP contribution in [0.15, 0.2) is 30.3 Å². The second-order valence-electron chi connectivity index (χ2n) is 4.01. The minimum absolute atomic E-state index is 0.467. The predicted molar refractivity (Wildman–Crippen MR) is 71.2 cm³/mol. The van der Waals surface area contributed by atoms with Crippen LogP contribution in [0.4, 0.5) is 0 Å². The van der Waals surface area contributed by atoms with Crippen LogP contribution >= 0.6 is 0 Å². The zero-order chi connectivity index (χ0) is 14.3. The summed E-state index contributed by atoms with van der Waals surface area (Å²) < 4.78 is 4.44. The van der Waals surface area contributed by atoms with E-state index in [0.717, 1.165) is 11.1 Å². The molecule has 0 saturated carbocycles. The van der Waals surface area contributed by atoms with Crippen LogP contribution in [0.5, 0.6) is 0 Å². The number of benzene rings is 1. The fourth-order valence-corrected chi connectivity index (χ4v) is 1.49. The van der Waals surface area contributed by atoms with Crippen LogP contribution in [-0.4, -0.2) is 36.7 Å². The van der Waals surface area contributed by atoms with E-state index in [0.29, 0.717) is 0 Å². The second-order valence-corrected chi connectivity index (χ2v) is 4.01. The Morgan fingerprint density at radius 2 is 2.21 bits per heavy atom. The van der Waals surface area contributed by atoms with E-state index in [-0.39, 0.29) is 0 Å². The van der Waals surface area contributed by atoms with Crippen molar-refractivity contribution in [1.29, 1.82) is 0 Å². The van der Waals surface area contributed by atoms with Crippen molar-refractivity contribution in [3.63, 3.8) is 0 Å². The maximum absolute atomic E-state index is 11.6. The lowest BCUT2D eigenvalue weighted by Gasteiger charge is -2.11. The molecule has 19 heavy (non-hydrogen) atoms. The first-order chi connectivity index (χ1) is 9.06. The number of esters is 1. The van der Waals surface area contributed by atoms with E-state index in [9.17, 15) is 9.59 Å². The van der Waals surface area contributed by atoms with Crippen molar-refractivity contribution in [3.05, 3.63) is 41.5 Å². The fourth-order valence-electron chi connectivity index (χ4n) is 1.49. The van der Waals surface area contributed by atoms with Gasteiger partial charge in [0.2, 0.25) is 5.91 Å². The van der Waals surface area contributed by atoms with Gasteiger partial charge in [0.15, 0.2) is 6.04 Å². The van der Waals surface area contributed by atoms with Gasteiger partial charge in [0, 0.05) is 6.08 Å². The molecule has 5 nitrogen and oxygen atoms in total. The smallest absolute Gasteiger partial charge is 0.330 e. The van der Waals surface area contributed by atoms with Crippen LogP contribution in [0.1, 0.15) is 11.1 Å². The second kappa shape index (κ2) is 7.33. The van der Waals surface area contributed by atoms with E-state index in [1.807, 2.05) is 31.2 Å². The zero-order valence-corrected chi connectivity index (χ0v) is 10.9. The maximum Gasteiger partial charge on any atom is 0.330 e. The van der Waals surface area contributed by atoms with Gasteiger partial charge in [-0.2, -0.15) is 0 Å². The number of hydrogen-bond donors (Lipinski definition) is 2. The minimum Gasteiger partial charge on any atom is -0.467 e. The third-order valence-electron chi connectivity index (χ3n) is 2.45. The molecule has 1 amide bonds. The van der Waals surface area contributed by atoms with Gasteiger partial charge in [-0.25, -0.2) is 4.79 Å². The number of aryl methyl sites for hydroxylation is 1. The molecule has 0 fully saturated rings. The van der Waals surface area contributed by atoms with Gasteiger partial charge in [0.1, 0.15) is 0 Å². The molecule has 1 rings (SSSR count). The molecule has 0 aromatic heterocycles. The van der Waals surface area contributed by atoms with Crippen LogP contribution < -0.4 is 5.32 Å². The normalized spacial score (nSPS) is 12.2. The minimum atomic E-state index is -1.04. The van der Waals surface area contributed by atoms with Crippen LogP contribution in [0.2, 0.25) is 0 Å². The molecule has 102 valence electrons. The molecule has 0 bridgehead atoms. The van der Waals surface area contributed by atoms with E-state index in [2.05, 4.69) is 10.1 Å². The van der Waals surface area contributed by atoms with Crippen molar-refractivity contribution < 1.29 is 19.4 Å². The molecule has 0 spiro atoms. The topological polar surface area (TPSA) is 75.6 Å². The summed E-state index contributed by atoms with van der Waals surface area (Å²) in [6.45, 7) is 1.45. The van der Waals surface area contributed by atoms with E-state index in [4.69, 9.17) is 5.11 Å². The van der Waals surface area contributed by atoms with Crippen molar-refractivity contribution in [2.45, 2.75) is 13.0 Å². The molecule has 0 unspecified atom stereocenters. The lowest BCUT2D eigenvalue weighted by Crippen LogP contribution is -2.43. The number of hydrogen-bond acceptors (Lipinski definition) is 4. The Hall–Kier alpha value is -2.14. The van der Waals surface area contributed by atoms with E-state index < -0.39 is 24.5 Å². The monoisotopic (exact) mass is 263 g/mol. The van der Waals surface area contributed by atoms with Gasteiger partial charge in [-0.3, -0.25) is 4.79 Å². The Labute approximate surface area is 111 Å². The quantitative estimate of drug-likeness (QED) is 0.604. The fraction of sp³-hybridized carbons (Fsp3) is 0.286. The third-order valence-corrected chi connectivity index (χ3v) is 2.45. The summed E-state index contributed by atoms with van der Waals surface area (Å²) >= 11 is 0. The number of carbonyl (C=O) groups is 2. The summed E-state index contributed by atoms with van der Waals surface area (Å²) in [4.78, 5) is 22.8. The van der Waals surface area contributed by atoms with Gasteiger partial charge in [0.25, 0.3) is 0 Å². The molecule has 2 N–H and O–H groups in total. The number of nitrogens with one attached hydrogen (secondary N) is 1. The van der Waals surface area contributed by atoms with Crippen LogP contribution in [0.3, 0.4) is 0 Å². The largest absolute Gasteiger partial charge is 0.467 e. The molecule has 5 heteroatoms. The molecule has 0 aliphatic heterocycles. The SMILES string of the molecule is COC(=O)[C@@H](CO)NC(=O)/C=C/c1cccc(C)c1. The number of rotatable bonds is 5. The summed E-state index contributed by atoms with van der Waals surface area (Å²) in [6, 6.07) is 6.59. The van der Waals surface area contributed by atoms with Gasteiger partial charge < -0.3 is 15.2 Å². The summed E-state index contributed by atoms with van der Waals surface area (Å²) in [5.74, 6) is -1.15. The first-order valence-electron chi connectivity index (χ1n) is 5.80. The van der Waals surface area contributed by atoms with Crippen molar-refractivity contribution in [2.24, 2.45) is 0 Å². The number of methoxy groups -OCH3 is 1. The van der Waals surface area contributed by atoms with Gasteiger partial charge in [-0.1, -0.05) is 29.8 Å². The molecule has 0 aliphatic rings. The van der Waals surface area contributed by atoms with Crippen molar-refractivity contribution in [2.75, 3.05) is 13.7 Å². The van der Waals surface area contributed by atoms with E-state index >= 15 is 0 Å². The standard InChI is InChI=1S/C14H17NO4/c1-10-4-3-5-11(8-10)6-7-13(17)15-12(9-16)14(18)19-2/h3-8,12,16H,9H2,1-2H3,(H,15,17)/b7-6+/t12-/m1/s1. The Morgan fingerprint density at radius 3 is 2.79 bits per heavy atom. The molecule has 0 aliphatic carbocycles. The van der Waals surface area contributed by atoms with E-state index in [1.54, 1.807) is 6.08 Å². The highest BCUT2D eigenvalue weighted by Gasteiger charge is 2.18. The highest BCUT2D eigenvalue weighted by molar-refractivity contribution is 5.94. The Bertz CT molecular complexity index is 482. The average Bonchev–Trinajstić information content (AvgIpc) is 2.41. The molecule has 0 radical (unpaired) electrons. The molecular weight excluding hydrogens is 246 g/mol. The van der Waals surface area contributed by atoms with Crippen LogP contribution in [0.25, 0.3) is 6.08 Å². The molecule has 1 aromatic carbocycles. The summed E-state index contributed by atoms with van der Waals surface area (Å²) in [7, 11) is 1.19. The molecule has 1 atom stereocenters. The Balaban J connectivity index is 2.62. The highest BCUT2D eigenvalue weighted by Crippen LogP contribution is 2.05. The van der Waals surface area contributed by atoms with E-state index in [1.165, 1.54) is 13.2 Å². The number of aliphatic hydroxyl groups is 1. The first kappa shape index (κ1) is 14.9. The van der Waals surface area contributed by atoms with Crippen molar-refractivity contribution in [1.82, 2.24) is 5.32 Å². The average molecular weight is 263 g/mol. The highest BCUT2D eigenvalue weighted by atomic mass is 16.5. The van der Waals surface area contributed by atoms with Crippen molar-refractivity contribution in [3.8, 4) is 0 Å². The molecule has 1 aromatic rings. The number of aliphatic hydroxyl groups excluding tert-OH is 1. The lowest BCUT2D eigenvalue weighted by molar-refractivity contribution is -0.145. The number of amides is 1. The summed E-state index contributed by atoms with van der Waals surface area (Å²) in [6.07, 6.45) is 2.94. The number of carbonyl (C=O) groups excluding carboxylic acids is 2. The maximum atomic E-state index is 11.6. The molecule has 0 heterocycles.